The molecule has 2 rings (SSSR count). The lowest BCUT2D eigenvalue weighted by Crippen LogP contribution is -2.38. The average Bonchev–Trinajstić information content (AvgIpc) is 2.60. The molecular weight excluding hydrogens is 150 g/mol. The zero-order chi connectivity index (χ0) is 8.55. The molecule has 2 heteroatoms. The second-order valence-electron chi connectivity index (χ2n) is 4.54. The Morgan fingerprint density at radius 3 is 2.75 bits per heavy atom. The topological polar surface area (TPSA) is 32.3 Å². The lowest BCUT2D eigenvalue weighted by atomic mass is 9.95. The van der Waals surface area contributed by atoms with Crippen LogP contribution in [-0.2, 0) is 0 Å². The lowest BCUT2D eigenvalue weighted by Gasteiger charge is -2.23. The smallest absolute Gasteiger partial charge is 0.0636 e. The van der Waals surface area contributed by atoms with Gasteiger partial charge in [0, 0.05) is 12.6 Å². The highest BCUT2D eigenvalue weighted by molar-refractivity contribution is 4.94. The molecule has 0 aromatic heterocycles. The second kappa shape index (κ2) is 3.35. The van der Waals surface area contributed by atoms with E-state index in [2.05, 4.69) is 5.32 Å². The van der Waals surface area contributed by atoms with E-state index < -0.39 is 0 Å². The predicted octanol–water partition coefficient (Wildman–Crippen LogP) is 1.15. The summed E-state index contributed by atoms with van der Waals surface area (Å²) < 4.78 is 0. The lowest BCUT2D eigenvalue weighted by molar-refractivity contribution is 0.179. The third kappa shape index (κ3) is 1.64. The summed E-state index contributed by atoms with van der Waals surface area (Å²) in [6.45, 7) is 2.62. The molecular formula is C10H19NO. The highest BCUT2D eigenvalue weighted by atomic mass is 16.3. The molecule has 0 spiro atoms. The highest BCUT2D eigenvalue weighted by Gasteiger charge is 2.38. The van der Waals surface area contributed by atoms with E-state index in [0.717, 1.165) is 24.4 Å². The van der Waals surface area contributed by atoms with Crippen molar-refractivity contribution in [1.82, 2.24) is 5.32 Å². The van der Waals surface area contributed by atoms with Crippen LogP contribution >= 0.6 is 0 Å². The molecule has 2 saturated carbocycles. The van der Waals surface area contributed by atoms with Gasteiger partial charge in [-0.2, -0.15) is 0 Å². The molecule has 2 aliphatic rings. The van der Waals surface area contributed by atoms with Crippen LogP contribution in [-0.4, -0.2) is 23.8 Å². The molecule has 0 amide bonds. The summed E-state index contributed by atoms with van der Waals surface area (Å²) in [4.78, 5) is 0. The first kappa shape index (κ1) is 8.52. The Balaban J connectivity index is 1.76. The van der Waals surface area contributed by atoms with Crippen molar-refractivity contribution in [1.29, 1.82) is 0 Å². The van der Waals surface area contributed by atoms with Gasteiger partial charge in [0.1, 0.15) is 0 Å². The molecule has 70 valence electrons. The van der Waals surface area contributed by atoms with Gasteiger partial charge in [-0.3, -0.25) is 0 Å². The number of fused-ring (bicyclic) bond motifs is 2. The molecule has 0 heterocycles. The van der Waals surface area contributed by atoms with Gasteiger partial charge in [0.25, 0.3) is 0 Å². The summed E-state index contributed by atoms with van der Waals surface area (Å²) in [5, 5.41) is 12.6. The molecule has 2 nitrogen and oxygen atoms in total. The van der Waals surface area contributed by atoms with E-state index in [1.54, 1.807) is 0 Å². The molecule has 0 aromatic carbocycles. The van der Waals surface area contributed by atoms with Gasteiger partial charge in [-0.05, 0) is 38.0 Å². The van der Waals surface area contributed by atoms with Crippen LogP contribution in [0.5, 0.6) is 0 Å². The zero-order valence-corrected chi connectivity index (χ0v) is 7.79. The Kier molecular flexibility index (Phi) is 2.37. The Morgan fingerprint density at radius 1 is 1.42 bits per heavy atom. The second-order valence-corrected chi connectivity index (χ2v) is 4.54. The summed E-state index contributed by atoms with van der Waals surface area (Å²) >= 11 is 0. The van der Waals surface area contributed by atoms with Crippen LogP contribution in [0, 0.1) is 11.8 Å². The minimum Gasteiger partial charge on any atom is -0.392 e. The maximum atomic E-state index is 9.12. The van der Waals surface area contributed by atoms with Gasteiger partial charge in [0.2, 0.25) is 0 Å². The van der Waals surface area contributed by atoms with Crippen molar-refractivity contribution < 1.29 is 5.11 Å². The fraction of sp³-hybridized carbons (Fsp3) is 1.00. The van der Waals surface area contributed by atoms with E-state index >= 15 is 0 Å². The zero-order valence-electron chi connectivity index (χ0n) is 7.79. The summed E-state index contributed by atoms with van der Waals surface area (Å²) in [7, 11) is 0. The highest BCUT2D eigenvalue weighted by Crippen LogP contribution is 2.44. The van der Waals surface area contributed by atoms with Gasteiger partial charge in [0.15, 0.2) is 0 Å². The number of rotatable bonds is 3. The van der Waals surface area contributed by atoms with Crippen LogP contribution in [0.15, 0.2) is 0 Å². The molecule has 12 heavy (non-hydrogen) atoms. The maximum Gasteiger partial charge on any atom is 0.0636 e. The molecule has 2 aliphatic carbocycles. The SMILES string of the molecule is C[C@H](O)CN[C@H]1C[C@H]2CC[C@H]1C2. The first-order valence-electron chi connectivity index (χ1n) is 5.17. The molecule has 0 saturated heterocycles. The number of nitrogens with one attached hydrogen (secondary N) is 1. The first-order valence-corrected chi connectivity index (χ1v) is 5.17. The molecule has 0 radical (unpaired) electrons. The van der Waals surface area contributed by atoms with Gasteiger partial charge >= 0.3 is 0 Å². The number of hydrogen-bond donors (Lipinski definition) is 2. The quantitative estimate of drug-likeness (QED) is 0.664. The maximum absolute atomic E-state index is 9.12. The Hall–Kier alpha value is -0.0800. The van der Waals surface area contributed by atoms with Crippen LogP contribution in [0.3, 0.4) is 0 Å². The normalized spacial score (nSPS) is 42.0. The van der Waals surface area contributed by atoms with Crippen molar-refractivity contribution >= 4 is 0 Å². The van der Waals surface area contributed by atoms with Crippen LogP contribution in [0.2, 0.25) is 0 Å². The van der Waals surface area contributed by atoms with Crippen LogP contribution in [0.1, 0.15) is 32.6 Å². The number of aliphatic hydroxyl groups excluding tert-OH is 1. The van der Waals surface area contributed by atoms with Crippen molar-refractivity contribution in [2.75, 3.05) is 6.54 Å². The third-order valence-electron chi connectivity index (χ3n) is 3.41. The summed E-state index contributed by atoms with van der Waals surface area (Å²) in [5.41, 5.74) is 0. The Morgan fingerprint density at radius 2 is 2.25 bits per heavy atom. The number of aliphatic hydroxyl groups is 1. The van der Waals surface area contributed by atoms with E-state index in [-0.39, 0.29) is 6.10 Å². The van der Waals surface area contributed by atoms with Gasteiger partial charge in [-0.1, -0.05) is 6.42 Å². The largest absolute Gasteiger partial charge is 0.392 e. The van der Waals surface area contributed by atoms with Gasteiger partial charge in [-0.15, -0.1) is 0 Å². The Labute approximate surface area is 74.4 Å². The van der Waals surface area contributed by atoms with E-state index in [0.29, 0.717) is 0 Å². The van der Waals surface area contributed by atoms with Crippen molar-refractivity contribution in [3.05, 3.63) is 0 Å². The molecule has 0 unspecified atom stereocenters. The van der Waals surface area contributed by atoms with Gasteiger partial charge in [-0.25, -0.2) is 0 Å². The Bertz CT molecular complexity index is 158. The minimum absolute atomic E-state index is 0.191. The van der Waals surface area contributed by atoms with Crippen LogP contribution in [0.25, 0.3) is 0 Å². The van der Waals surface area contributed by atoms with E-state index in [1.165, 1.54) is 25.7 Å². The van der Waals surface area contributed by atoms with Crippen LogP contribution < -0.4 is 5.32 Å². The van der Waals surface area contributed by atoms with Crippen molar-refractivity contribution in [3.63, 3.8) is 0 Å². The summed E-state index contributed by atoms with van der Waals surface area (Å²) in [6.07, 6.45) is 5.48. The fourth-order valence-corrected chi connectivity index (χ4v) is 2.82. The standard InChI is InChI=1S/C10H19NO/c1-7(12)6-11-10-5-8-2-3-9(10)4-8/h7-12H,2-6H2,1H3/t7-,8-,9-,10-/m0/s1. The van der Waals surface area contributed by atoms with Crippen LogP contribution in [0.4, 0.5) is 0 Å². The van der Waals surface area contributed by atoms with Crippen molar-refractivity contribution in [2.45, 2.75) is 44.8 Å². The van der Waals surface area contributed by atoms with Crippen molar-refractivity contribution in [2.24, 2.45) is 11.8 Å². The minimum atomic E-state index is -0.191. The van der Waals surface area contributed by atoms with E-state index in [1.807, 2.05) is 6.92 Å². The van der Waals surface area contributed by atoms with E-state index in [9.17, 15) is 0 Å². The molecule has 0 aromatic rings. The summed E-state index contributed by atoms with van der Waals surface area (Å²) in [5.74, 6) is 1.93. The molecule has 0 aliphatic heterocycles. The van der Waals surface area contributed by atoms with Crippen molar-refractivity contribution in [3.8, 4) is 0 Å². The molecule has 4 atom stereocenters. The third-order valence-corrected chi connectivity index (χ3v) is 3.41. The molecule has 2 bridgehead atoms. The van der Waals surface area contributed by atoms with E-state index in [4.69, 9.17) is 5.11 Å². The fourth-order valence-electron chi connectivity index (χ4n) is 2.82. The van der Waals surface area contributed by atoms with Gasteiger partial charge in [0.05, 0.1) is 6.10 Å². The number of hydrogen-bond acceptors (Lipinski definition) is 2. The average molecular weight is 169 g/mol. The first-order chi connectivity index (χ1) is 5.75. The molecule has 2 N–H and O–H groups in total. The molecule has 2 fully saturated rings. The van der Waals surface area contributed by atoms with Gasteiger partial charge < -0.3 is 10.4 Å². The summed E-state index contributed by atoms with van der Waals surface area (Å²) in [6, 6.07) is 0.721. The monoisotopic (exact) mass is 169 g/mol. The predicted molar refractivity (Wildman–Crippen MR) is 48.9 cm³/mol.